The number of allylic oxidation sites excluding steroid dienone is 2. The van der Waals surface area contributed by atoms with Crippen molar-refractivity contribution in [2.75, 3.05) is 12.4 Å². The molecule has 0 spiro atoms. The molecule has 7 nitrogen and oxygen atoms in total. The Morgan fingerprint density at radius 1 is 1.44 bits per heavy atom. The normalized spacial score (nSPS) is 17.6. The lowest BCUT2D eigenvalue weighted by Crippen LogP contribution is -2.37. The first-order valence-electron chi connectivity index (χ1n) is 8.95. The zero-order chi connectivity index (χ0) is 19.4. The van der Waals surface area contributed by atoms with Crippen LogP contribution in [0.4, 0.5) is 5.82 Å². The van der Waals surface area contributed by atoms with Gasteiger partial charge in [-0.15, -0.1) is 0 Å². The van der Waals surface area contributed by atoms with Crippen LogP contribution in [0.3, 0.4) is 0 Å². The van der Waals surface area contributed by atoms with Gasteiger partial charge in [-0.3, -0.25) is 4.79 Å². The van der Waals surface area contributed by atoms with Crippen LogP contribution < -0.4 is 15.4 Å². The smallest absolute Gasteiger partial charge is 0.221 e. The number of hydrogen-bond acceptors (Lipinski definition) is 6. The van der Waals surface area contributed by atoms with Gasteiger partial charge in [0.15, 0.2) is 0 Å². The molecule has 2 aromatic heterocycles. The number of pyridine rings is 2. The second-order valence-electron chi connectivity index (χ2n) is 6.53. The van der Waals surface area contributed by atoms with Crippen molar-refractivity contribution < 1.29 is 14.6 Å². The Balaban J connectivity index is 1.97. The average Bonchev–Trinajstić information content (AvgIpc) is 2.67. The van der Waals surface area contributed by atoms with Crippen LogP contribution in [0, 0.1) is 0 Å². The Labute approximate surface area is 158 Å². The van der Waals surface area contributed by atoms with E-state index in [0.29, 0.717) is 23.6 Å². The zero-order valence-corrected chi connectivity index (χ0v) is 15.7. The maximum Gasteiger partial charge on any atom is 0.221 e. The molecule has 27 heavy (non-hydrogen) atoms. The van der Waals surface area contributed by atoms with Gasteiger partial charge >= 0.3 is 0 Å². The van der Waals surface area contributed by atoms with Crippen molar-refractivity contribution in [3.8, 4) is 5.88 Å². The summed E-state index contributed by atoms with van der Waals surface area (Å²) < 4.78 is 5.50. The van der Waals surface area contributed by atoms with Crippen molar-refractivity contribution in [3.63, 3.8) is 0 Å². The van der Waals surface area contributed by atoms with Crippen LogP contribution in [0.5, 0.6) is 5.88 Å². The predicted octanol–water partition coefficient (Wildman–Crippen LogP) is 2.63. The average molecular weight is 368 g/mol. The molecule has 7 heteroatoms. The molecule has 0 fully saturated rings. The lowest BCUT2D eigenvalue weighted by Gasteiger charge is -2.26. The molecule has 0 aliphatic carbocycles. The highest BCUT2D eigenvalue weighted by molar-refractivity contribution is 5.90. The van der Waals surface area contributed by atoms with Crippen molar-refractivity contribution >= 4 is 28.7 Å². The van der Waals surface area contributed by atoms with Crippen molar-refractivity contribution in [1.82, 2.24) is 15.3 Å². The summed E-state index contributed by atoms with van der Waals surface area (Å²) in [5.74, 6) is 0.918. The fraction of sp³-hybridized carbons (Fsp3) is 0.350. The molecule has 0 saturated carbocycles. The van der Waals surface area contributed by atoms with E-state index in [1.807, 2.05) is 25.3 Å². The van der Waals surface area contributed by atoms with Gasteiger partial charge in [-0.1, -0.05) is 19.4 Å². The number of methoxy groups -OCH3 is 1. The Kier molecular flexibility index (Phi) is 5.71. The first-order chi connectivity index (χ1) is 13.1. The van der Waals surface area contributed by atoms with Gasteiger partial charge in [0.05, 0.1) is 24.8 Å². The molecule has 1 amide bonds. The Morgan fingerprint density at radius 3 is 2.93 bits per heavy atom. The number of anilines is 1. The molecule has 3 heterocycles. The summed E-state index contributed by atoms with van der Waals surface area (Å²) >= 11 is 0. The molecule has 2 aromatic rings. The number of amides is 1. The number of hydrogen-bond donors (Lipinski definition) is 3. The third-order valence-electron chi connectivity index (χ3n) is 4.63. The minimum atomic E-state index is -0.424. The molecular weight excluding hydrogens is 344 g/mol. The molecule has 1 aliphatic heterocycles. The Morgan fingerprint density at radius 2 is 2.26 bits per heavy atom. The third-order valence-corrected chi connectivity index (χ3v) is 4.63. The van der Waals surface area contributed by atoms with Crippen LogP contribution in [-0.2, 0) is 4.79 Å². The number of carbonyl (C=O) groups is 1. The van der Waals surface area contributed by atoms with Crippen molar-refractivity contribution in [2.45, 2.75) is 38.8 Å². The monoisotopic (exact) mass is 368 g/mol. The van der Waals surface area contributed by atoms with E-state index < -0.39 is 6.10 Å². The highest BCUT2D eigenvalue weighted by Gasteiger charge is 2.22. The highest BCUT2D eigenvalue weighted by Crippen LogP contribution is 2.34. The first kappa shape index (κ1) is 18.8. The molecule has 3 N–H and O–H groups in total. The van der Waals surface area contributed by atoms with Crippen molar-refractivity contribution in [1.29, 1.82) is 0 Å². The lowest BCUT2D eigenvalue weighted by atomic mass is 9.93. The number of carbonyl (C=O) groups excluding carboxylic acids is 1. The zero-order valence-electron chi connectivity index (χ0n) is 15.7. The molecule has 142 valence electrons. The van der Waals surface area contributed by atoms with E-state index >= 15 is 0 Å². The number of fused-ring (bicyclic) bond motifs is 1. The van der Waals surface area contributed by atoms with Crippen LogP contribution in [0.1, 0.15) is 32.3 Å². The number of ether oxygens (including phenoxy) is 1. The van der Waals surface area contributed by atoms with Gasteiger partial charge < -0.3 is 20.5 Å². The van der Waals surface area contributed by atoms with Gasteiger partial charge in [-0.25, -0.2) is 9.97 Å². The predicted molar refractivity (Wildman–Crippen MR) is 105 cm³/mol. The summed E-state index contributed by atoms with van der Waals surface area (Å²) in [5, 5.41) is 16.9. The van der Waals surface area contributed by atoms with E-state index in [-0.39, 0.29) is 6.04 Å². The molecule has 2 atom stereocenters. The summed E-state index contributed by atoms with van der Waals surface area (Å²) in [6, 6.07) is 3.56. The number of aromatic nitrogens is 2. The number of dihydropyridines is 1. The second kappa shape index (κ2) is 8.18. The van der Waals surface area contributed by atoms with Gasteiger partial charge in [0.2, 0.25) is 12.3 Å². The summed E-state index contributed by atoms with van der Waals surface area (Å²) in [7, 11) is 1.58. The van der Waals surface area contributed by atoms with Crippen LogP contribution >= 0.6 is 0 Å². The van der Waals surface area contributed by atoms with Crippen molar-refractivity contribution in [2.24, 2.45) is 0 Å². The van der Waals surface area contributed by atoms with E-state index in [2.05, 4.69) is 27.5 Å². The van der Waals surface area contributed by atoms with Crippen LogP contribution in [-0.4, -0.2) is 40.7 Å². The van der Waals surface area contributed by atoms with E-state index in [9.17, 15) is 9.90 Å². The fourth-order valence-corrected chi connectivity index (χ4v) is 3.23. The second-order valence-corrected chi connectivity index (χ2v) is 6.53. The Bertz CT molecular complexity index is 907. The third kappa shape index (κ3) is 3.93. The number of aliphatic hydroxyl groups excluding tert-OH is 1. The Hall–Kier alpha value is -2.93. The topological polar surface area (TPSA) is 96.4 Å². The first-order valence-corrected chi connectivity index (χ1v) is 8.95. The SMILES string of the molecule is CCCC(O)C1C=C(C)C(c2cc3cnc(NC=O)cc3nc2OC)=CN1. The number of nitrogens with one attached hydrogen (secondary N) is 2. The van der Waals surface area contributed by atoms with E-state index in [1.54, 1.807) is 19.4 Å². The van der Waals surface area contributed by atoms with Crippen LogP contribution in [0.2, 0.25) is 0 Å². The highest BCUT2D eigenvalue weighted by atomic mass is 16.5. The maximum atomic E-state index is 10.6. The van der Waals surface area contributed by atoms with Crippen molar-refractivity contribution in [3.05, 3.63) is 41.7 Å². The molecule has 0 aromatic carbocycles. The minimum Gasteiger partial charge on any atom is -0.481 e. The molecule has 0 bridgehead atoms. The van der Waals surface area contributed by atoms with Gasteiger partial charge in [0, 0.05) is 35.0 Å². The molecule has 3 rings (SSSR count). The van der Waals surface area contributed by atoms with Gasteiger partial charge in [0.25, 0.3) is 0 Å². The van der Waals surface area contributed by atoms with E-state index in [1.165, 1.54) is 0 Å². The standard InChI is InChI=1S/C20H24N4O3/c1-4-5-18(26)17-6-12(2)15(10-21-17)14-7-13-9-22-19(23-11-25)8-16(13)24-20(14)27-3/h6-11,17-18,21,26H,4-5H2,1-3H3,(H,22,23,25). The molecule has 2 unspecified atom stereocenters. The summed E-state index contributed by atoms with van der Waals surface area (Å²) in [5.41, 5.74) is 3.52. The summed E-state index contributed by atoms with van der Waals surface area (Å²) in [6.45, 7) is 4.07. The number of nitrogens with zero attached hydrogens (tertiary/aromatic N) is 2. The van der Waals surface area contributed by atoms with Gasteiger partial charge in [-0.2, -0.15) is 0 Å². The lowest BCUT2D eigenvalue weighted by molar-refractivity contribution is -0.105. The summed E-state index contributed by atoms with van der Waals surface area (Å²) in [6.07, 6.45) is 7.44. The molecular formula is C20H24N4O3. The number of rotatable bonds is 7. The summed E-state index contributed by atoms with van der Waals surface area (Å²) in [4.78, 5) is 19.4. The van der Waals surface area contributed by atoms with Gasteiger partial charge in [0.1, 0.15) is 5.82 Å². The van der Waals surface area contributed by atoms with E-state index in [4.69, 9.17) is 4.74 Å². The minimum absolute atomic E-state index is 0.105. The van der Waals surface area contributed by atoms with E-state index in [0.717, 1.165) is 34.9 Å². The van der Waals surface area contributed by atoms with Gasteiger partial charge in [-0.05, 0) is 25.0 Å². The number of aliphatic hydroxyl groups is 1. The molecule has 1 aliphatic rings. The fourth-order valence-electron chi connectivity index (χ4n) is 3.23. The molecule has 0 saturated heterocycles. The van der Waals surface area contributed by atoms with Crippen LogP contribution in [0.15, 0.2) is 36.2 Å². The maximum absolute atomic E-state index is 10.6. The molecule has 0 radical (unpaired) electrons. The van der Waals surface area contributed by atoms with Crippen LogP contribution in [0.25, 0.3) is 16.5 Å². The largest absolute Gasteiger partial charge is 0.481 e. The quantitative estimate of drug-likeness (QED) is 0.650.